The van der Waals surface area contributed by atoms with Crippen LogP contribution in [0, 0.1) is 63.1 Å². The van der Waals surface area contributed by atoms with Gasteiger partial charge in [-0.2, -0.15) is 0 Å². The molecule has 4 aliphatic carbocycles. The fourth-order valence-electron chi connectivity index (χ4n) is 10.9. The molecule has 3 heteroatoms. The first-order chi connectivity index (χ1) is 17.3. The average molecular weight is 511 g/mol. The number of ether oxygens (including phenoxy) is 1. The highest BCUT2D eigenvalue weighted by Gasteiger charge is 2.70. The molecular formula is C34H54O3. The first-order valence-corrected chi connectivity index (χ1v) is 15.3. The smallest absolute Gasteiger partial charge is 0.302 e. The maximum absolute atomic E-state index is 11.8. The first-order valence-electron chi connectivity index (χ1n) is 15.3. The highest BCUT2D eigenvalue weighted by atomic mass is 16.5. The SMILES string of the molecule is C#CC1CC(C)(C2CCC3(C)C4CCCC4(C=CO)CC[C@@]3(C)C2(C)CCC(C)C)CCC1OC(C)=O. The highest BCUT2D eigenvalue weighted by molar-refractivity contribution is 5.66. The second-order valence-corrected chi connectivity index (χ2v) is 15.0. The monoisotopic (exact) mass is 510 g/mol. The summed E-state index contributed by atoms with van der Waals surface area (Å²) < 4.78 is 5.70. The predicted octanol–water partition coefficient (Wildman–Crippen LogP) is 8.87. The number of carbonyl (C=O) groups is 1. The van der Waals surface area contributed by atoms with Crippen molar-refractivity contribution in [2.75, 3.05) is 0 Å². The van der Waals surface area contributed by atoms with Crippen molar-refractivity contribution in [1.29, 1.82) is 0 Å². The molecule has 9 atom stereocenters. The van der Waals surface area contributed by atoms with Gasteiger partial charge in [0, 0.05) is 6.92 Å². The van der Waals surface area contributed by atoms with Crippen LogP contribution in [0.5, 0.6) is 0 Å². The quantitative estimate of drug-likeness (QED) is 0.220. The zero-order valence-corrected chi connectivity index (χ0v) is 24.9. The largest absolute Gasteiger partial charge is 0.516 e. The predicted molar refractivity (Wildman–Crippen MR) is 152 cm³/mol. The Bertz CT molecular complexity index is 930. The topological polar surface area (TPSA) is 46.5 Å². The number of carbonyl (C=O) groups excluding carboxylic acids is 1. The van der Waals surface area contributed by atoms with Crippen LogP contribution in [0.3, 0.4) is 0 Å². The van der Waals surface area contributed by atoms with Crippen LogP contribution in [0.4, 0.5) is 0 Å². The van der Waals surface area contributed by atoms with Gasteiger partial charge >= 0.3 is 5.97 Å². The maximum atomic E-state index is 11.8. The van der Waals surface area contributed by atoms with E-state index in [9.17, 15) is 9.90 Å². The van der Waals surface area contributed by atoms with Crippen molar-refractivity contribution in [3.63, 3.8) is 0 Å². The van der Waals surface area contributed by atoms with E-state index in [1.54, 1.807) is 0 Å². The molecule has 208 valence electrons. The molecular weight excluding hydrogens is 456 g/mol. The summed E-state index contributed by atoms with van der Waals surface area (Å²) in [4.78, 5) is 11.8. The molecule has 0 aromatic rings. The molecule has 4 aliphatic rings. The minimum atomic E-state index is -0.212. The van der Waals surface area contributed by atoms with E-state index in [2.05, 4.69) is 53.5 Å². The molecule has 0 aliphatic heterocycles. The molecule has 0 amide bonds. The molecule has 3 nitrogen and oxygen atoms in total. The lowest BCUT2D eigenvalue weighted by Gasteiger charge is -2.72. The number of esters is 1. The summed E-state index contributed by atoms with van der Waals surface area (Å²) in [6.45, 7) is 16.7. The summed E-state index contributed by atoms with van der Waals surface area (Å²) in [6, 6.07) is 0. The van der Waals surface area contributed by atoms with Crippen molar-refractivity contribution < 1.29 is 14.6 Å². The number of rotatable bonds is 6. The van der Waals surface area contributed by atoms with Crippen LogP contribution in [0.2, 0.25) is 0 Å². The molecule has 0 spiro atoms. The summed E-state index contributed by atoms with van der Waals surface area (Å²) >= 11 is 0. The van der Waals surface area contributed by atoms with Gasteiger partial charge in [0.2, 0.25) is 0 Å². The summed E-state index contributed by atoms with van der Waals surface area (Å²) in [5.41, 5.74) is 1.04. The van der Waals surface area contributed by atoms with Gasteiger partial charge in [-0.1, -0.05) is 60.3 Å². The van der Waals surface area contributed by atoms with E-state index in [4.69, 9.17) is 11.2 Å². The average Bonchev–Trinajstić information content (AvgIpc) is 3.26. The molecule has 0 radical (unpaired) electrons. The lowest BCUT2D eigenvalue weighted by molar-refractivity contribution is -0.235. The Labute approximate surface area is 227 Å². The minimum absolute atomic E-state index is 0.00152. The van der Waals surface area contributed by atoms with Crippen molar-refractivity contribution >= 4 is 5.97 Å². The molecule has 1 N–H and O–H groups in total. The Morgan fingerprint density at radius 1 is 1.05 bits per heavy atom. The number of terminal acetylenes is 1. The number of aliphatic hydroxyl groups is 1. The Kier molecular flexibility index (Phi) is 7.69. The van der Waals surface area contributed by atoms with Crippen LogP contribution in [-0.2, 0) is 9.53 Å². The third-order valence-electron chi connectivity index (χ3n) is 13.1. The third kappa shape index (κ3) is 4.37. The van der Waals surface area contributed by atoms with E-state index in [1.807, 2.05) is 0 Å². The summed E-state index contributed by atoms with van der Waals surface area (Å²) in [5.74, 6) is 4.77. The van der Waals surface area contributed by atoms with E-state index < -0.39 is 0 Å². The Hall–Kier alpha value is -1.43. The van der Waals surface area contributed by atoms with Gasteiger partial charge in [-0.05, 0) is 115 Å². The lowest BCUT2D eigenvalue weighted by Crippen LogP contribution is -2.65. The standard InChI is InChI=1S/C34H54O3/c1-9-26-23-30(5,16-13-27(26)37-25(4)36)28-14-18-32(7)29-11-10-15-34(29,21-22-35)20-19-33(32,8)31(28,6)17-12-24(2)3/h1,21-22,24,26-29,35H,10-20,23H2,2-8H3/t26?,27?,28?,29?,30?,31?,32?,33-,34?/m0/s1. The molecule has 8 unspecified atom stereocenters. The van der Waals surface area contributed by atoms with Gasteiger partial charge < -0.3 is 9.84 Å². The zero-order chi connectivity index (χ0) is 27.3. The Balaban J connectivity index is 1.74. The highest BCUT2D eigenvalue weighted by Crippen LogP contribution is 2.78. The molecule has 0 heterocycles. The molecule has 0 aromatic heterocycles. The van der Waals surface area contributed by atoms with Gasteiger partial charge in [-0.15, -0.1) is 6.42 Å². The molecule has 4 saturated carbocycles. The van der Waals surface area contributed by atoms with E-state index >= 15 is 0 Å². The summed E-state index contributed by atoms with van der Waals surface area (Å²) in [7, 11) is 0. The molecule has 0 bridgehead atoms. The number of aliphatic hydroxyl groups excluding tert-OH is 1. The van der Waals surface area contributed by atoms with Crippen LogP contribution in [0.25, 0.3) is 0 Å². The van der Waals surface area contributed by atoms with Crippen molar-refractivity contribution in [1.82, 2.24) is 0 Å². The Morgan fingerprint density at radius 3 is 2.41 bits per heavy atom. The second kappa shape index (κ2) is 9.95. The first kappa shape index (κ1) is 28.6. The molecule has 37 heavy (non-hydrogen) atoms. The molecule has 4 fully saturated rings. The van der Waals surface area contributed by atoms with E-state index in [0.29, 0.717) is 17.8 Å². The minimum Gasteiger partial charge on any atom is -0.516 e. The maximum Gasteiger partial charge on any atom is 0.302 e. The van der Waals surface area contributed by atoms with Gasteiger partial charge in [0.25, 0.3) is 0 Å². The Morgan fingerprint density at radius 2 is 1.78 bits per heavy atom. The van der Waals surface area contributed by atoms with E-state index in [1.165, 1.54) is 71.0 Å². The fourth-order valence-corrected chi connectivity index (χ4v) is 10.9. The number of fused-ring (bicyclic) bond motifs is 3. The van der Waals surface area contributed by atoms with Crippen molar-refractivity contribution in [2.24, 2.45) is 50.7 Å². The molecule has 4 rings (SSSR count). The van der Waals surface area contributed by atoms with Crippen LogP contribution >= 0.6 is 0 Å². The van der Waals surface area contributed by atoms with Crippen LogP contribution in [-0.4, -0.2) is 17.2 Å². The third-order valence-corrected chi connectivity index (χ3v) is 13.1. The van der Waals surface area contributed by atoms with Gasteiger partial charge in [0.05, 0.1) is 12.2 Å². The summed E-state index contributed by atoms with van der Waals surface area (Å²) in [5, 5.41) is 9.89. The molecule has 0 aromatic carbocycles. The zero-order valence-electron chi connectivity index (χ0n) is 24.9. The van der Waals surface area contributed by atoms with Gasteiger partial charge in [-0.3, -0.25) is 4.79 Å². The molecule has 0 saturated heterocycles. The fraction of sp³-hybridized carbons (Fsp3) is 0.853. The van der Waals surface area contributed by atoms with E-state index in [-0.39, 0.29) is 45.1 Å². The number of hydrogen-bond acceptors (Lipinski definition) is 3. The van der Waals surface area contributed by atoms with E-state index in [0.717, 1.165) is 19.3 Å². The normalized spacial score (nSPS) is 47.9. The van der Waals surface area contributed by atoms with Gasteiger partial charge in [0.15, 0.2) is 0 Å². The summed E-state index contributed by atoms with van der Waals surface area (Å²) in [6.07, 6.45) is 23.7. The van der Waals surface area contributed by atoms with Gasteiger partial charge in [-0.25, -0.2) is 0 Å². The van der Waals surface area contributed by atoms with Crippen LogP contribution < -0.4 is 0 Å². The van der Waals surface area contributed by atoms with Crippen LogP contribution in [0.1, 0.15) is 126 Å². The van der Waals surface area contributed by atoms with Gasteiger partial charge in [0.1, 0.15) is 6.10 Å². The van der Waals surface area contributed by atoms with Crippen LogP contribution in [0.15, 0.2) is 12.3 Å². The van der Waals surface area contributed by atoms with Crippen molar-refractivity contribution in [2.45, 2.75) is 132 Å². The van der Waals surface area contributed by atoms with Crippen molar-refractivity contribution in [3.05, 3.63) is 12.3 Å². The number of allylic oxidation sites excluding steroid dienone is 1. The van der Waals surface area contributed by atoms with Crippen molar-refractivity contribution in [3.8, 4) is 12.3 Å². The number of hydrogen-bond donors (Lipinski definition) is 1. The lowest BCUT2D eigenvalue weighted by atomic mass is 9.32. The second-order valence-electron chi connectivity index (χ2n) is 15.0.